The van der Waals surface area contributed by atoms with Crippen molar-refractivity contribution in [3.05, 3.63) is 11.6 Å². The zero-order valence-corrected chi connectivity index (χ0v) is 20.4. The first kappa shape index (κ1) is 22.0. The summed E-state index contributed by atoms with van der Waals surface area (Å²) in [6.45, 7) is 12.1. The minimum absolute atomic E-state index is 0.132. The van der Waals surface area contributed by atoms with Gasteiger partial charge in [0.1, 0.15) is 0 Å². The van der Waals surface area contributed by atoms with Crippen LogP contribution < -0.4 is 0 Å². The maximum Gasteiger partial charge on any atom is 0.310 e. The van der Waals surface area contributed by atoms with Gasteiger partial charge in [-0.05, 0) is 110 Å². The van der Waals surface area contributed by atoms with Gasteiger partial charge in [0, 0.05) is 0 Å². The lowest BCUT2D eigenvalue weighted by atomic mass is 9.38. The van der Waals surface area contributed by atoms with Crippen molar-refractivity contribution in [2.24, 2.45) is 51.2 Å². The van der Waals surface area contributed by atoms with Crippen molar-refractivity contribution in [2.45, 2.75) is 105 Å². The van der Waals surface area contributed by atoms with Crippen molar-refractivity contribution >= 4 is 5.97 Å². The fourth-order valence-electron chi connectivity index (χ4n) is 9.90. The molecule has 0 aliphatic heterocycles. The molecule has 0 aromatic heterocycles. The van der Waals surface area contributed by atoms with Crippen LogP contribution in [0.15, 0.2) is 11.6 Å². The number of aliphatic hydroxyl groups is 1. The highest BCUT2D eigenvalue weighted by Crippen LogP contribution is 2.70. The molecule has 3 heteroatoms. The van der Waals surface area contributed by atoms with Crippen LogP contribution in [-0.4, -0.2) is 22.3 Å². The first-order valence-corrected chi connectivity index (χ1v) is 13.1. The number of hydrogen-bond donors (Lipinski definition) is 2. The number of carboxylic acids is 1. The lowest BCUT2D eigenvalue weighted by Crippen LogP contribution is -2.60. The lowest BCUT2D eigenvalue weighted by Gasteiger charge is -2.66. The predicted molar refractivity (Wildman–Crippen MR) is 123 cm³/mol. The highest BCUT2D eigenvalue weighted by molar-refractivity contribution is 5.76. The van der Waals surface area contributed by atoms with Gasteiger partial charge in [-0.2, -0.15) is 0 Å². The number of rotatable bonds is 1. The Kier molecular flexibility index (Phi) is 4.85. The van der Waals surface area contributed by atoms with Crippen molar-refractivity contribution in [3.8, 4) is 0 Å². The number of aliphatic hydroxyl groups excluding tert-OH is 1. The Bertz CT molecular complexity index is 798. The van der Waals surface area contributed by atoms with E-state index in [4.69, 9.17) is 0 Å². The third-order valence-corrected chi connectivity index (χ3v) is 11.8. The minimum atomic E-state index is -0.537. The van der Waals surface area contributed by atoms with E-state index in [9.17, 15) is 15.0 Å². The molecule has 5 aliphatic carbocycles. The summed E-state index contributed by atoms with van der Waals surface area (Å²) < 4.78 is 0. The molecule has 0 saturated heterocycles. The zero-order chi connectivity index (χ0) is 22.4. The molecule has 0 aromatic carbocycles. The van der Waals surface area contributed by atoms with Crippen molar-refractivity contribution in [3.63, 3.8) is 0 Å². The van der Waals surface area contributed by atoms with Crippen LogP contribution in [0.5, 0.6) is 0 Å². The maximum absolute atomic E-state index is 12.6. The predicted octanol–water partition coefficient (Wildman–Crippen LogP) is 6.45. The van der Waals surface area contributed by atoms with E-state index in [1.165, 1.54) is 18.4 Å². The molecule has 0 spiro atoms. The molecule has 31 heavy (non-hydrogen) atoms. The fourth-order valence-corrected chi connectivity index (χ4v) is 9.90. The van der Waals surface area contributed by atoms with Crippen LogP contribution in [0.3, 0.4) is 0 Å². The Morgan fingerprint density at radius 2 is 1.65 bits per heavy atom. The summed E-state index contributed by atoms with van der Waals surface area (Å²) in [6, 6.07) is 0. The first-order valence-electron chi connectivity index (χ1n) is 13.1. The van der Waals surface area contributed by atoms with E-state index in [1.807, 2.05) is 0 Å². The molecule has 0 amide bonds. The third kappa shape index (κ3) is 2.90. The van der Waals surface area contributed by atoms with Crippen molar-refractivity contribution in [1.29, 1.82) is 0 Å². The Hall–Kier alpha value is -0.830. The average molecular weight is 429 g/mol. The fraction of sp³-hybridized carbons (Fsp3) is 0.893. The molecular formula is C28H44O3. The molecule has 3 nitrogen and oxygen atoms in total. The third-order valence-electron chi connectivity index (χ3n) is 11.8. The maximum atomic E-state index is 12.6. The van der Waals surface area contributed by atoms with Gasteiger partial charge in [0.05, 0.1) is 11.5 Å². The number of carboxylic acid groups (broad SMARTS) is 1. The second-order valence-electron chi connectivity index (χ2n) is 13.6. The van der Waals surface area contributed by atoms with Gasteiger partial charge in [-0.3, -0.25) is 4.79 Å². The molecule has 4 fully saturated rings. The standard InChI is InChI=1S/C28H44O3/c1-17-19-8-11-27(5)20-9-13-28(24(30)31)15-14-25(2,3)16-21(28)18(20)6-7-23(27)26(19,4)12-10-22(17)29/h6,17,19-23,29H,7-16H2,1-5H3,(H,30,31). The minimum Gasteiger partial charge on any atom is -0.481 e. The molecule has 9 atom stereocenters. The van der Waals surface area contributed by atoms with E-state index < -0.39 is 11.4 Å². The number of fused-ring (bicyclic) bond motifs is 7. The summed E-state index contributed by atoms with van der Waals surface area (Å²) >= 11 is 0. The molecule has 0 bridgehead atoms. The smallest absolute Gasteiger partial charge is 0.310 e. The zero-order valence-electron chi connectivity index (χ0n) is 20.4. The van der Waals surface area contributed by atoms with Gasteiger partial charge in [0.2, 0.25) is 0 Å². The first-order chi connectivity index (χ1) is 14.4. The van der Waals surface area contributed by atoms with E-state index in [2.05, 4.69) is 40.7 Å². The highest BCUT2D eigenvalue weighted by Gasteiger charge is 2.64. The van der Waals surface area contributed by atoms with Crippen LogP contribution >= 0.6 is 0 Å². The van der Waals surface area contributed by atoms with Crippen LogP contribution in [0.1, 0.15) is 98.8 Å². The normalized spacial score (nSPS) is 53.3. The van der Waals surface area contributed by atoms with Crippen LogP contribution in [0.2, 0.25) is 0 Å². The highest BCUT2D eigenvalue weighted by atomic mass is 16.4. The quantitative estimate of drug-likeness (QED) is 0.472. The van der Waals surface area contributed by atoms with Crippen molar-refractivity contribution in [2.75, 3.05) is 0 Å². The van der Waals surface area contributed by atoms with E-state index in [0.717, 1.165) is 51.4 Å². The summed E-state index contributed by atoms with van der Waals surface area (Å²) in [4.78, 5) is 12.6. The molecule has 2 N–H and O–H groups in total. The summed E-state index contributed by atoms with van der Waals surface area (Å²) in [7, 11) is 0. The lowest BCUT2D eigenvalue weighted by molar-refractivity contribution is -0.170. The second kappa shape index (κ2) is 6.84. The molecule has 9 unspecified atom stereocenters. The number of allylic oxidation sites excluding steroid dienone is 2. The van der Waals surface area contributed by atoms with Gasteiger partial charge in [0.15, 0.2) is 0 Å². The molecule has 174 valence electrons. The van der Waals surface area contributed by atoms with Crippen LogP contribution in [0.25, 0.3) is 0 Å². The van der Waals surface area contributed by atoms with Gasteiger partial charge in [-0.1, -0.05) is 46.3 Å². The van der Waals surface area contributed by atoms with Crippen LogP contribution in [-0.2, 0) is 4.79 Å². The summed E-state index contributed by atoms with van der Waals surface area (Å²) in [5.41, 5.74) is 1.84. The largest absolute Gasteiger partial charge is 0.481 e. The Morgan fingerprint density at radius 1 is 0.935 bits per heavy atom. The van der Waals surface area contributed by atoms with Gasteiger partial charge in [-0.15, -0.1) is 0 Å². The van der Waals surface area contributed by atoms with Crippen LogP contribution in [0.4, 0.5) is 0 Å². The Balaban J connectivity index is 1.54. The molecule has 5 rings (SSSR count). The van der Waals surface area contributed by atoms with Gasteiger partial charge < -0.3 is 10.2 Å². The molecule has 0 heterocycles. The summed E-state index contributed by atoms with van der Waals surface area (Å²) in [5, 5.41) is 20.9. The topological polar surface area (TPSA) is 57.5 Å². The van der Waals surface area contributed by atoms with Crippen LogP contribution in [0, 0.1) is 51.2 Å². The summed E-state index contributed by atoms with van der Waals surface area (Å²) in [6.07, 6.45) is 12.9. The molecule has 0 aromatic rings. The SMILES string of the molecule is CC1C(O)CCC2(C)C1CCC1(C)C3CCC4(C(=O)O)CCC(C)(C)CC4C3=CCC12. The number of hydrogen-bond acceptors (Lipinski definition) is 2. The van der Waals surface area contributed by atoms with E-state index in [0.29, 0.717) is 29.1 Å². The van der Waals surface area contributed by atoms with E-state index in [1.54, 1.807) is 0 Å². The number of carbonyl (C=O) groups is 1. The van der Waals surface area contributed by atoms with E-state index in [-0.39, 0.29) is 22.9 Å². The Labute approximate surface area is 189 Å². The average Bonchev–Trinajstić information content (AvgIpc) is 2.70. The molecule has 4 saturated carbocycles. The van der Waals surface area contributed by atoms with Gasteiger partial charge in [0.25, 0.3) is 0 Å². The molecule has 5 aliphatic rings. The monoisotopic (exact) mass is 428 g/mol. The van der Waals surface area contributed by atoms with Crippen molar-refractivity contribution in [1.82, 2.24) is 0 Å². The Morgan fingerprint density at radius 3 is 2.35 bits per heavy atom. The molecule has 0 radical (unpaired) electrons. The van der Waals surface area contributed by atoms with Gasteiger partial charge in [-0.25, -0.2) is 0 Å². The van der Waals surface area contributed by atoms with Gasteiger partial charge >= 0.3 is 5.97 Å². The number of aliphatic carboxylic acids is 1. The summed E-state index contributed by atoms with van der Waals surface area (Å²) in [5.74, 6) is 1.93. The van der Waals surface area contributed by atoms with Crippen molar-refractivity contribution < 1.29 is 15.0 Å². The second-order valence-corrected chi connectivity index (χ2v) is 13.6. The molecular weight excluding hydrogens is 384 g/mol. The van der Waals surface area contributed by atoms with E-state index >= 15 is 0 Å².